The van der Waals surface area contributed by atoms with Crippen molar-refractivity contribution in [1.29, 1.82) is 0 Å². The van der Waals surface area contributed by atoms with E-state index in [1.54, 1.807) is 7.11 Å². The molecule has 0 unspecified atom stereocenters. The third-order valence-corrected chi connectivity index (χ3v) is 2.47. The van der Waals surface area contributed by atoms with E-state index in [0.717, 1.165) is 23.3 Å². The first-order chi connectivity index (χ1) is 8.33. The fourth-order valence-corrected chi connectivity index (χ4v) is 1.56. The Hall–Kier alpha value is -1.94. The average Bonchev–Trinajstić information content (AvgIpc) is 2.40. The predicted octanol–water partition coefficient (Wildman–Crippen LogP) is 1.65. The number of aromatic nitrogens is 2. The summed E-state index contributed by atoms with van der Waals surface area (Å²) < 4.78 is 5.17. The Labute approximate surface area is 100 Å². The molecule has 0 atom stereocenters. The number of nitrogens with zero attached hydrogens (tertiary/aromatic N) is 2. The number of hydrogen-bond donors (Lipinski definition) is 1. The van der Waals surface area contributed by atoms with Crippen molar-refractivity contribution in [2.45, 2.75) is 6.42 Å². The van der Waals surface area contributed by atoms with Crippen LogP contribution in [0.1, 0.15) is 5.56 Å². The number of ether oxygens (including phenoxy) is 1. The molecule has 0 aliphatic carbocycles. The minimum absolute atomic E-state index is 0.613. The van der Waals surface area contributed by atoms with Gasteiger partial charge >= 0.3 is 0 Å². The van der Waals surface area contributed by atoms with Crippen LogP contribution in [-0.4, -0.2) is 23.6 Å². The molecule has 17 heavy (non-hydrogen) atoms. The van der Waals surface area contributed by atoms with Gasteiger partial charge in [-0.1, -0.05) is 12.1 Å². The Morgan fingerprint density at radius 2 is 2.00 bits per heavy atom. The third kappa shape index (κ3) is 2.79. The van der Waals surface area contributed by atoms with Gasteiger partial charge in [0, 0.05) is 18.0 Å². The maximum atomic E-state index is 5.48. The SMILES string of the molecule is COc1cccc(-c2ncc(CCN)cn2)c1. The standard InChI is InChI=1S/C13H15N3O/c1-17-12-4-2-3-11(7-12)13-15-8-10(5-6-14)9-16-13/h2-4,7-9H,5-6,14H2,1H3. The summed E-state index contributed by atoms with van der Waals surface area (Å²) in [4.78, 5) is 8.64. The molecular formula is C13H15N3O. The van der Waals surface area contributed by atoms with Crippen LogP contribution >= 0.6 is 0 Å². The molecule has 0 aliphatic heterocycles. The normalized spacial score (nSPS) is 10.2. The zero-order valence-electron chi connectivity index (χ0n) is 9.76. The van der Waals surface area contributed by atoms with Crippen LogP contribution in [0, 0.1) is 0 Å². The lowest BCUT2D eigenvalue weighted by Crippen LogP contribution is -2.03. The molecule has 0 fully saturated rings. The quantitative estimate of drug-likeness (QED) is 0.866. The summed E-state index contributed by atoms with van der Waals surface area (Å²) in [6.45, 7) is 0.613. The highest BCUT2D eigenvalue weighted by molar-refractivity contribution is 5.57. The van der Waals surface area contributed by atoms with Crippen molar-refractivity contribution in [2.75, 3.05) is 13.7 Å². The van der Waals surface area contributed by atoms with Crippen LogP contribution in [0.4, 0.5) is 0 Å². The van der Waals surface area contributed by atoms with Crippen molar-refractivity contribution in [3.8, 4) is 17.1 Å². The van der Waals surface area contributed by atoms with E-state index in [9.17, 15) is 0 Å². The van der Waals surface area contributed by atoms with Gasteiger partial charge in [0.05, 0.1) is 7.11 Å². The smallest absolute Gasteiger partial charge is 0.159 e. The van der Waals surface area contributed by atoms with Gasteiger partial charge in [-0.25, -0.2) is 9.97 Å². The van der Waals surface area contributed by atoms with Gasteiger partial charge in [0.15, 0.2) is 5.82 Å². The number of rotatable bonds is 4. The second-order valence-corrected chi connectivity index (χ2v) is 3.69. The first kappa shape index (κ1) is 11.5. The first-order valence-corrected chi connectivity index (χ1v) is 5.49. The molecule has 0 radical (unpaired) electrons. The summed E-state index contributed by atoms with van der Waals surface area (Å²) >= 11 is 0. The number of hydrogen-bond acceptors (Lipinski definition) is 4. The van der Waals surface area contributed by atoms with Crippen LogP contribution in [0.2, 0.25) is 0 Å². The van der Waals surface area contributed by atoms with Gasteiger partial charge in [0.1, 0.15) is 5.75 Å². The maximum absolute atomic E-state index is 5.48. The second-order valence-electron chi connectivity index (χ2n) is 3.69. The van der Waals surface area contributed by atoms with Gasteiger partial charge in [-0.05, 0) is 30.7 Å². The second kappa shape index (κ2) is 5.41. The van der Waals surface area contributed by atoms with Gasteiger partial charge in [-0.2, -0.15) is 0 Å². The van der Waals surface area contributed by atoms with E-state index >= 15 is 0 Å². The zero-order valence-corrected chi connectivity index (χ0v) is 9.76. The van der Waals surface area contributed by atoms with Crippen LogP contribution in [0.3, 0.4) is 0 Å². The topological polar surface area (TPSA) is 61.0 Å². The molecule has 2 N–H and O–H groups in total. The van der Waals surface area contributed by atoms with Crippen molar-refractivity contribution in [2.24, 2.45) is 5.73 Å². The first-order valence-electron chi connectivity index (χ1n) is 5.49. The number of benzene rings is 1. The molecule has 2 aromatic rings. The lowest BCUT2D eigenvalue weighted by atomic mass is 10.2. The Morgan fingerprint density at radius 1 is 1.24 bits per heavy atom. The Morgan fingerprint density at radius 3 is 2.65 bits per heavy atom. The molecule has 0 amide bonds. The lowest BCUT2D eigenvalue weighted by Gasteiger charge is -2.04. The van der Waals surface area contributed by atoms with Crippen LogP contribution in [0.5, 0.6) is 5.75 Å². The van der Waals surface area contributed by atoms with E-state index in [2.05, 4.69) is 9.97 Å². The van der Waals surface area contributed by atoms with Gasteiger partial charge in [0.2, 0.25) is 0 Å². The molecule has 0 aliphatic rings. The molecule has 1 aromatic heterocycles. The van der Waals surface area contributed by atoms with Gasteiger partial charge < -0.3 is 10.5 Å². The number of methoxy groups -OCH3 is 1. The van der Waals surface area contributed by atoms with Crippen LogP contribution in [-0.2, 0) is 6.42 Å². The van der Waals surface area contributed by atoms with E-state index in [4.69, 9.17) is 10.5 Å². The molecule has 1 aromatic carbocycles. The van der Waals surface area contributed by atoms with E-state index in [1.165, 1.54) is 0 Å². The fourth-order valence-electron chi connectivity index (χ4n) is 1.56. The van der Waals surface area contributed by atoms with Crippen molar-refractivity contribution in [3.05, 3.63) is 42.2 Å². The molecule has 88 valence electrons. The van der Waals surface area contributed by atoms with Crippen molar-refractivity contribution in [3.63, 3.8) is 0 Å². The van der Waals surface area contributed by atoms with Crippen molar-refractivity contribution >= 4 is 0 Å². The van der Waals surface area contributed by atoms with E-state index in [1.807, 2.05) is 36.7 Å². The Kier molecular flexibility index (Phi) is 3.67. The highest BCUT2D eigenvalue weighted by Gasteiger charge is 2.02. The van der Waals surface area contributed by atoms with Crippen molar-refractivity contribution < 1.29 is 4.74 Å². The summed E-state index contributed by atoms with van der Waals surface area (Å²) in [6.07, 6.45) is 4.43. The summed E-state index contributed by atoms with van der Waals surface area (Å²) in [5, 5.41) is 0. The molecule has 0 saturated heterocycles. The van der Waals surface area contributed by atoms with Gasteiger partial charge in [-0.15, -0.1) is 0 Å². The third-order valence-electron chi connectivity index (χ3n) is 2.47. The van der Waals surface area contributed by atoms with E-state index in [0.29, 0.717) is 12.4 Å². The zero-order chi connectivity index (χ0) is 12.1. The summed E-state index contributed by atoms with van der Waals surface area (Å²) in [6, 6.07) is 7.69. The highest BCUT2D eigenvalue weighted by atomic mass is 16.5. The van der Waals surface area contributed by atoms with Gasteiger partial charge in [0.25, 0.3) is 0 Å². The van der Waals surface area contributed by atoms with E-state index < -0.39 is 0 Å². The fraction of sp³-hybridized carbons (Fsp3) is 0.231. The molecular weight excluding hydrogens is 214 g/mol. The predicted molar refractivity (Wildman–Crippen MR) is 66.8 cm³/mol. The molecule has 0 bridgehead atoms. The average molecular weight is 229 g/mol. The molecule has 1 heterocycles. The van der Waals surface area contributed by atoms with Crippen LogP contribution in [0.25, 0.3) is 11.4 Å². The van der Waals surface area contributed by atoms with Gasteiger partial charge in [-0.3, -0.25) is 0 Å². The van der Waals surface area contributed by atoms with Crippen molar-refractivity contribution in [1.82, 2.24) is 9.97 Å². The van der Waals surface area contributed by atoms with E-state index in [-0.39, 0.29) is 0 Å². The van der Waals surface area contributed by atoms with Crippen LogP contribution < -0.4 is 10.5 Å². The molecule has 0 saturated carbocycles. The minimum Gasteiger partial charge on any atom is -0.497 e. The maximum Gasteiger partial charge on any atom is 0.159 e. The monoisotopic (exact) mass is 229 g/mol. The minimum atomic E-state index is 0.613. The Bertz CT molecular complexity index is 482. The lowest BCUT2D eigenvalue weighted by molar-refractivity contribution is 0.415. The Balaban J connectivity index is 2.26. The molecule has 4 nitrogen and oxygen atoms in total. The highest BCUT2D eigenvalue weighted by Crippen LogP contribution is 2.20. The van der Waals surface area contributed by atoms with Crippen LogP contribution in [0.15, 0.2) is 36.7 Å². The molecule has 0 spiro atoms. The summed E-state index contributed by atoms with van der Waals surface area (Å²) in [5.41, 5.74) is 7.48. The molecule has 2 rings (SSSR count). The molecule has 4 heteroatoms. The summed E-state index contributed by atoms with van der Waals surface area (Å²) in [5.74, 6) is 1.50. The largest absolute Gasteiger partial charge is 0.497 e. The summed E-state index contributed by atoms with van der Waals surface area (Å²) in [7, 11) is 1.64. The number of nitrogens with two attached hydrogens (primary N) is 1.